The SMILES string of the molecule is NCCNC(=O)c1ccccc1NC(=O)COCC1CC1. The standard InChI is InChI=1S/C15H21N3O3/c16-7-8-17-15(20)12-3-1-2-4-13(12)18-14(19)10-21-9-11-5-6-11/h1-4,11H,5-10,16H2,(H,17,20)(H,18,19). The van der Waals surface area contributed by atoms with E-state index in [-0.39, 0.29) is 18.4 Å². The van der Waals surface area contributed by atoms with Crippen molar-refractivity contribution in [3.8, 4) is 0 Å². The van der Waals surface area contributed by atoms with E-state index in [1.165, 1.54) is 12.8 Å². The van der Waals surface area contributed by atoms with Gasteiger partial charge in [-0.05, 0) is 30.9 Å². The van der Waals surface area contributed by atoms with Gasteiger partial charge in [-0.15, -0.1) is 0 Å². The third-order valence-corrected chi connectivity index (χ3v) is 3.16. The summed E-state index contributed by atoms with van der Waals surface area (Å²) in [6, 6.07) is 6.86. The fourth-order valence-corrected chi connectivity index (χ4v) is 1.86. The number of carbonyl (C=O) groups excluding carboxylic acids is 2. The van der Waals surface area contributed by atoms with E-state index in [9.17, 15) is 9.59 Å². The van der Waals surface area contributed by atoms with Crippen LogP contribution in [0.25, 0.3) is 0 Å². The molecule has 2 rings (SSSR count). The molecule has 0 saturated heterocycles. The van der Waals surface area contributed by atoms with Crippen LogP contribution in [-0.2, 0) is 9.53 Å². The van der Waals surface area contributed by atoms with E-state index in [2.05, 4.69) is 10.6 Å². The van der Waals surface area contributed by atoms with E-state index >= 15 is 0 Å². The van der Waals surface area contributed by atoms with E-state index in [0.717, 1.165) is 0 Å². The number of hydrogen-bond donors (Lipinski definition) is 3. The quantitative estimate of drug-likeness (QED) is 0.658. The average molecular weight is 291 g/mol. The number of hydrogen-bond acceptors (Lipinski definition) is 4. The minimum atomic E-state index is -0.255. The molecule has 1 aromatic carbocycles. The highest BCUT2D eigenvalue weighted by Crippen LogP contribution is 2.28. The van der Waals surface area contributed by atoms with Crippen molar-refractivity contribution in [2.24, 2.45) is 11.7 Å². The molecule has 6 nitrogen and oxygen atoms in total. The first-order valence-corrected chi connectivity index (χ1v) is 7.15. The zero-order valence-corrected chi connectivity index (χ0v) is 11.9. The van der Waals surface area contributed by atoms with Gasteiger partial charge in [0.15, 0.2) is 0 Å². The second-order valence-corrected chi connectivity index (χ2v) is 5.10. The third kappa shape index (κ3) is 5.17. The lowest BCUT2D eigenvalue weighted by atomic mass is 10.1. The fraction of sp³-hybridized carbons (Fsp3) is 0.467. The Kier molecular flexibility index (Phi) is 5.71. The van der Waals surface area contributed by atoms with Crippen molar-refractivity contribution in [3.05, 3.63) is 29.8 Å². The van der Waals surface area contributed by atoms with Crippen LogP contribution in [-0.4, -0.2) is 38.1 Å². The molecule has 0 spiro atoms. The van der Waals surface area contributed by atoms with Crippen LogP contribution in [0.1, 0.15) is 23.2 Å². The monoisotopic (exact) mass is 291 g/mol. The molecular formula is C15H21N3O3. The molecule has 4 N–H and O–H groups in total. The molecule has 0 atom stereocenters. The number of benzene rings is 1. The molecule has 2 amide bonds. The summed E-state index contributed by atoms with van der Waals surface area (Å²) in [5, 5.41) is 5.39. The Morgan fingerprint density at radius 3 is 2.76 bits per heavy atom. The third-order valence-electron chi connectivity index (χ3n) is 3.16. The molecule has 21 heavy (non-hydrogen) atoms. The van der Waals surface area contributed by atoms with Gasteiger partial charge in [-0.2, -0.15) is 0 Å². The van der Waals surface area contributed by atoms with E-state index in [1.807, 2.05) is 0 Å². The van der Waals surface area contributed by atoms with Crippen LogP contribution in [0.2, 0.25) is 0 Å². The number of ether oxygens (including phenoxy) is 1. The maximum atomic E-state index is 12.0. The zero-order valence-electron chi connectivity index (χ0n) is 11.9. The van der Waals surface area contributed by atoms with Gasteiger partial charge < -0.3 is 21.1 Å². The second kappa shape index (κ2) is 7.75. The highest BCUT2D eigenvalue weighted by atomic mass is 16.5. The summed E-state index contributed by atoms with van der Waals surface area (Å²) in [5.41, 5.74) is 6.25. The summed E-state index contributed by atoms with van der Waals surface area (Å²) < 4.78 is 5.33. The van der Waals surface area contributed by atoms with E-state index < -0.39 is 0 Å². The molecule has 114 valence electrons. The highest BCUT2D eigenvalue weighted by Gasteiger charge is 2.21. The van der Waals surface area contributed by atoms with E-state index in [4.69, 9.17) is 10.5 Å². The van der Waals surface area contributed by atoms with Gasteiger partial charge in [0, 0.05) is 13.1 Å². The van der Waals surface area contributed by atoms with Gasteiger partial charge in [-0.1, -0.05) is 12.1 Å². The molecule has 0 aliphatic heterocycles. The van der Waals surface area contributed by atoms with Crippen LogP contribution in [0.5, 0.6) is 0 Å². The lowest BCUT2D eigenvalue weighted by molar-refractivity contribution is -0.120. The van der Waals surface area contributed by atoms with Crippen molar-refractivity contribution < 1.29 is 14.3 Å². The predicted molar refractivity (Wildman–Crippen MR) is 80.0 cm³/mol. The Morgan fingerprint density at radius 1 is 1.29 bits per heavy atom. The van der Waals surface area contributed by atoms with Gasteiger partial charge in [0.1, 0.15) is 6.61 Å². The summed E-state index contributed by atoms with van der Waals surface area (Å²) in [6.07, 6.45) is 2.37. The molecule has 6 heteroatoms. The van der Waals surface area contributed by atoms with Crippen LogP contribution in [0.4, 0.5) is 5.69 Å². The van der Waals surface area contributed by atoms with Gasteiger partial charge >= 0.3 is 0 Å². The van der Waals surface area contributed by atoms with Crippen molar-refractivity contribution in [2.75, 3.05) is 31.6 Å². The summed E-state index contributed by atoms with van der Waals surface area (Å²) in [7, 11) is 0. The van der Waals surface area contributed by atoms with Crippen LogP contribution < -0.4 is 16.4 Å². The Hall–Kier alpha value is -1.92. The Morgan fingerprint density at radius 2 is 2.05 bits per heavy atom. The van der Waals surface area contributed by atoms with Crippen LogP contribution >= 0.6 is 0 Å². The molecule has 0 bridgehead atoms. The van der Waals surface area contributed by atoms with E-state index in [0.29, 0.717) is 36.9 Å². The number of amides is 2. The number of nitrogens with two attached hydrogens (primary N) is 1. The topological polar surface area (TPSA) is 93.5 Å². The molecule has 1 saturated carbocycles. The Labute approximate surface area is 124 Å². The molecule has 1 aliphatic carbocycles. The Balaban J connectivity index is 1.88. The van der Waals surface area contributed by atoms with Crippen LogP contribution in [0.15, 0.2) is 24.3 Å². The highest BCUT2D eigenvalue weighted by molar-refractivity contribution is 6.03. The number of rotatable bonds is 8. The lowest BCUT2D eigenvalue weighted by Gasteiger charge is -2.11. The smallest absolute Gasteiger partial charge is 0.253 e. The maximum Gasteiger partial charge on any atom is 0.253 e. The molecular weight excluding hydrogens is 270 g/mol. The molecule has 1 aromatic rings. The first kappa shape index (κ1) is 15.5. The summed E-state index contributed by atoms with van der Waals surface area (Å²) >= 11 is 0. The molecule has 0 aromatic heterocycles. The fourth-order valence-electron chi connectivity index (χ4n) is 1.86. The van der Waals surface area contributed by atoms with Crippen LogP contribution in [0, 0.1) is 5.92 Å². The molecule has 0 heterocycles. The second-order valence-electron chi connectivity index (χ2n) is 5.10. The summed E-state index contributed by atoms with van der Waals surface area (Å²) in [4.78, 5) is 23.8. The normalized spacial score (nSPS) is 13.8. The molecule has 1 fully saturated rings. The average Bonchev–Trinajstić information content (AvgIpc) is 3.29. The number of nitrogens with one attached hydrogen (secondary N) is 2. The molecule has 1 aliphatic rings. The zero-order chi connectivity index (χ0) is 15.1. The number of carbonyl (C=O) groups is 2. The first-order valence-electron chi connectivity index (χ1n) is 7.15. The van der Waals surface area contributed by atoms with Gasteiger partial charge in [0.05, 0.1) is 17.9 Å². The molecule has 0 radical (unpaired) electrons. The van der Waals surface area contributed by atoms with Gasteiger partial charge in [0.2, 0.25) is 5.91 Å². The summed E-state index contributed by atoms with van der Waals surface area (Å²) in [6.45, 7) is 1.40. The Bertz CT molecular complexity index is 501. The van der Waals surface area contributed by atoms with Gasteiger partial charge in [-0.25, -0.2) is 0 Å². The van der Waals surface area contributed by atoms with Gasteiger partial charge in [-0.3, -0.25) is 9.59 Å². The van der Waals surface area contributed by atoms with Crippen molar-refractivity contribution in [3.63, 3.8) is 0 Å². The number of para-hydroxylation sites is 1. The largest absolute Gasteiger partial charge is 0.371 e. The van der Waals surface area contributed by atoms with Crippen molar-refractivity contribution in [1.82, 2.24) is 5.32 Å². The predicted octanol–water partition coefficient (Wildman–Crippen LogP) is 0.740. The van der Waals surface area contributed by atoms with Crippen molar-refractivity contribution in [2.45, 2.75) is 12.8 Å². The van der Waals surface area contributed by atoms with Gasteiger partial charge in [0.25, 0.3) is 5.91 Å². The minimum Gasteiger partial charge on any atom is -0.371 e. The number of anilines is 1. The van der Waals surface area contributed by atoms with Crippen molar-refractivity contribution in [1.29, 1.82) is 0 Å². The first-order chi connectivity index (χ1) is 10.2. The van der Waals surface area contributed by atoms with Crippen LogP contribution in [0.3, 0.4) is 0 Å². The van der Waals surface area contributed by atoms with Crippen molar-refractivity contribution >= 4 is 17.5 Å². The maximum absolute atomic E-state index is 12.0. The van der Waals surface area contributed by atoms with E-state index in [1.54, 1.807) is 24.3 Å². The minimum absolute atomic E-state index is 0.00918. The molecule has 0 unspecified atom stereocenters. The summed E-state index contributed by atoms with van der Waals surface area (Å²) in [5.74, 6) is 0.108. The lowest BCUT2D eigenvalue weighted by Crippen LogP contribution is -2.30.